The molecule has 2 aromatic heterocycles. The van der Waals surface area contributed by atoms with Crippen LogP contribution in [0.3, 0.4) is 0 Å². The molecule has 0 saturated heterocycles. The molecule has 0 saturated carbocycles. The molecule has 0 unspecified atom stereocenters. The van der Waals surface area contributed by atoms with Crippen LogP contribution in [0, 0.1) is 0 Å². The topological polar surface area (TPSA) is 49.2 Å². The first-order valence-electron chi connectivity index (χ1n) is 6.83. The van der Waals surface area contributed by atoms with Gasteiger partial charge in [-0.15, -0.1) is 0 Å². The summed E-state index contributed by atoms with van der Waals surface area (Å²) in [7, 11) is 2.03. The maximum atomic E-state index is 9.41. The van der Waals surface area contributed by atoms with Gasteiger partial charge in [0.2, 0.25) is 0 Å². The van der Waals surface area contributed by atoms with Crippen molar-refractivity contribution >= 4 is 16.5 Å². The van der Waals surface area contributed by atoms with E-state index in [1.165, 1.54) is 0 Å². The molecule has 108 valence electrons. The molecule has 0 aromatic carbocycles. The van der Waals surface area contributed by atoms with E-state index < -0.39 is 0 Å². The van der Waals surface area contributed by atoms with E-state index in [1.54, 1.807) is 11.3 Å². The zero-order valence-electron chi connectivity index (χ0n) is 12.2. The molecular formula is C15H21N3OS. The first-order chi connectivity index (χ1) is 9.61. The Hall–Kier alpha value is -1.46. The van der Waals surface area contributed by atoms with Crippen molar-refractivity contribution in [1.82, 2.24) is 9.97 Å². The summed E-state index contributed by atoms with van der Waals surface area (Å²) in [5, 5.41) is 10.4. The van der Waals surface area contributed by atoms with Gasteiger partial charge in [0.05, 0.1) is 17.2 Å². The third-order valence-corrected chi connectivity index (χ3v) is 4.33. The second-order valence-electron chi connectivity index (χ2n) is 5.11. The van der Waals surface area contributed by atoms with Crippen molar-refractivity contribution in [3.63, 3.8) is 0 Å². The summed E-state index contributed by atoms with van der Waals surface area (Å²) in [5.74, 6) is 0.339. The van der Waals surface area contributed by atoms with Crippen molar-refractivity contribution in [3.8, 4) is 0 Å². The molecule has 0 radical (unpaired) electrons. The molecule has 2 aromatic rings. The van der Waals surface area contributed by atoms with Crippen LogP contribution in [0.5, 0.6) is 0 Å². The summed E-state index contributed by atoms with van der Waals surface area (Å²) in [4.78, 5) is 12.1. The average Bonchev–Trinajstić information content (AvgIpc) is 2.90. The van der Waals surface area contributed by atoms with Gasteiger partial charge in [0.25, 0.3) is 0 Å². The fourth-order valence-electron chi connectivity index (χ4n) is 2.00. The first-order valence-corrected chi connectivity index (χ1v) is 7.65. The van der Waals surface area contributed by atoms with Crippen LogP contribution in [0.4, 0.5) is 5.13 Å². The molecule has 0 aliphatic carbocycles. The number of likely N-dealkylation sites (N-methyl/N-ethyl adjacent to an activating group) is 1. The molecule has 5 heteroatoms. The lowest BCUT2D eigenvalue weighted by Gasteiger charge is -2.15. The number of hydrogen-bond donors (Lipinski definition) is 1. The molecule has 0 aliphatic rings. The van der Waals surface area contributed by atoms with Crippen molar-refractivity contribution in [3.05, 3.63) is 40.7 Å². The smallest absolute Gasteiger partial charge is 0.185 e. The van der Waals surface area contributed by atoms with Crippen molar-refractivity contribution in [1.29, 1.82) is 0 Å². The summed E-state index contributed by atoms with van der Waals surface area (Å²) in [6.45, 7) is 5.14. The SMILES string of the molecule is CC(C)c1nc(N(C)CCc2ccccn2)sc1CO. The summed E-state index contributed by atoms with van der Waals surface area (Å²) < 4.78 is 0. The van der Waals surface area contributed by atoms with E-state index in [1.807, 2.05) is 31.4 Å². The van der Waals surface area contributed by atoms with Crippen LogP contribution in [0.2, 0.25) is 0 Å². The van der Waals surface area contributed by atoms with Crippen molar-refractivity contribution in [2.24, 2.45) is 0 Å². The minimum absolute atomic E-state index is 0.0687. The lowest BCUT2D eigenvalue weighted by molar-refractivity contribution is 0.283. The van der Waals surface area contributed by atoms with Gasteiger partial charge in [-0.2, -0.15) is 0 Å². The lowest BCUT2D eigenvalue weighted by Crippen LogP contribution is -2.20. The number of pyridine rings is 1. The number of thiazole rings is 1. The van der Waals surface area contributed by atoms with Crippen LogP contribution in [0.15, 0.2) is 24.4 Å². The number of aromatic nitrogens is 2. The van der Waals surface area contributed by atoms with Gasteiger partial charge in [-0.25, -0.2) is 4.98 Å². The normalized spacial score (nSPS) is 11.1. The molecule has 0 aliphatic heterocycles. The molecule has 1 N–H and O–H groups in total. The van der Waals surface area contributed by atoms with E-state index in [-0.39, 0.29) is 6.61 Å². The molecule has 0 bridgehead atoms. The second kappa shape index (κ2) is 6.81. The Balaban J connectivity index is 2.04. The summed E-state index contributed by atoms with van der Waals surface area (Å²) in [6, 6.07) is 5.97. The molecule has 0 spiro atoms. The molecular weight excluding hydrogens is 270 g/mol. The number of nitrogens with zero attached hydrogens (tertiary/aromatic N) is 3. The Kier molecular flexibility index (Phi) is 5.09. The second-order valence-corrected chi connectivity index (χ2v) is 6.17. The Morgan fingerprint density at radius 1 is 1.35 bits per heavy atom. The van der Waals surface area contributed by atoms with E-state index in [0.717, 1.165) is 34.4 Å². The molecule has 2 rings (SSSR count). The fraction of sp³-hybridized carbons (Fsp3) is 0.467. The zero-order valence-corrected chi connectivity index (χ0v) is 13.0. The van der Waals surface area contributed by atoms with Crippen LogP contribution in [0.1, 0.15) is 36.0 Å². The van der Waals surface area contributed by atoms with E-state index in [9.17, 15) is 5.11 Å². The monoisotopic (exact) mass is 291 g/mol. The molecule has 0 atom stereocenters. The fourth-order valence-corrected chi connectivity index (χ4v) is 3.06. The number of hydrogen-bond acceptors (Lipinski definition) is 5. The Labute approximate surface area is 124 Å². The van der Waals surface area contributed by atoms with Gasteiger partial charge < -0.3 is 10.0 Å². The molecule has 20 heavy (non-hydrogen) atoms. The van der Waals surface area contributed by atoms with Crippen LogP contribution in [-0.4, -0.2) is 28.7 Å². The third kappa shape index (κ3) is 3.55. The Morgan fingerprint density at radius 3 is 2.70 bits per heavy atom. The number of aliphatic hydroxyl groups is 1. The van der Waals surface area contributed by atoms with Crippen molar-refractivity contribution < 1.29 is 5.11 Å². The third-order valence-electron chi connectivity index (χ3n) is 3.16. The van der Waals surface area contributed by atoms with E-state index >= 15 is 0 Å². The first kappa shape index (κ1) is 14.9. The highest BCUT2D eigenvalue weighted by molar-refractivity contribution is 7.15. The van der Waals surface area contributed by atoms with E-state index in [4.69, 9.17) is 0 Å². The maximum Gasteiger partial charge on any atom is 0.185 e. The van der Waals surface area contributed by atoms with Gasteiger partial charge in [0.15, 0.2) is 5.13 Å². The molecule has 2 heterocycles. The standard InChI is InChI=1S/C15H21N3OS/c1-11(2)14-13(10-19)20-15(17-14)18(3)9-7-12-6-4-5-8-16-12/h4-6,8,11,19H,7,9-10H2,1-3H3. The predicted molar refractivity (Wildman–Crippen MR) is 83.3 cm³/mol. The number of aliphatic hydroxyl groups excluding tert-OH is 1. The highest BCUT2D eigenvalue weighted by Crippen LogP contribution is 2.30. The number of rotatable bonds is 6. The molecule has 4 nitrogen and oxygen atoms in total. The highest BCUT2D eigenvalue weighted by Gasteiger charge is 2.15. The summed E-state index contributed by atoms with van der Waals surface area (Å²) in [6.07, 6.45) is 2.71. The predicted octanol–water partition coefficient (Wildman–Crippen LogP) is 2.83. The van der Waals surface area contributed by atoms with E-state index in [2.05, 4.69) is 28.7 Å². The van der Waals surface area contributed by atoms with Gasteiger partial charge >= 0.3 is 0 Å². The van der Waals surface area contributed by atoms with Crippen LogP contribution in [0.25, 0.3) is 0 Å². The number of anilines is 1. The summed E-state index contributed by atoms with van der Waals surface area (Å²) in [5.41, 5.74) is 2.10. The van der Waals surface area contributed by atoms with Crippen molar-refractivity contribution in [2.45, 2.75) is 32.8 Å². The Bertz CT molecular complexity index is 539. The van der Waals surface area contributed by atoms with Gasteiger partial charge in [0, 0.05) is 31.9 Å². The largest absolute Gasteiger partial charge is 0.391 e. The van der Waals surface area contributed by atoms with Gasteiger partial charge in [-0.3, -0.25) is 4.98 Å². The Morgan fingerprint density at radius 2 is 2.15 bits per heavy atom. The maximum absolute atomic E-state index is 9.41. The minimum atomic E-state index is 0.0687. The van der Waals surface area contributed by atoms with Gasteiger partial charge in [-0.05, 0) is 18.1 Å². The van der Waals surface area contributed by atoms with E-state index in [0.29, 0.717) is 5.92 Å². The minimum Gasteiger partial charge on any atom is -0.391 e. The van der Waals surface area contributed by atoms with Crippen molar-refractivity contribution in [2.75, 3.05) is 18.5 Å². The molecule has 0 fully saturated rings. The van der Waals surface area contributed by atoms with Crippen LogP contribution in [-0.2, 0) is 13.0 Å². The van der Waals surface area contributed by atoms with Gasteiger partial charge in [0.1, 0.15) is 0 Å². The highest BCUT2D eigenvalue weighted by atomic mass is 32.1. The van der Waals surface area contributed by atoms with Crippen LogP contribution < -0.4 is 4.90 Å². The zero-order chi connectivity index (χ0) is 14.5. The lowest BCUT2D eigenvalue weighted by atomic mass is 10.1. The van der Waals surface area contributed by atoms with Crippen LogP contribution >= 0.6 is 11.3 Å². The quantitative estimate of drug-likeness (QED) is 0.889. The average molecular weight is 291 g/mol. The van der Waals surface area contributed by atoms with Gasteiger partial charge in [-0.1, -0.05) is 31.3 Å². The summed E-state index contributed by atoms with van der Waals surface area (Å²) >= 11 is 1.58. The molecule has 0 amide bonds.